The molecule has 3 aliphatic rings. The molecular formula is C13H24N2. The molecule has 0 aromatic rings. The van der Waals surface area contributed by atoms with Crippen LogP contribution < -0.4 is 11.1 Å². The Labute approximate surface area is 93.0 Å². The number of hydrogen-bond acceptors (Lipinski definition) is 2. The van der Waals surface area contributed by atoms with Crippen LogP contribution >= 0.6 is 0 Å². The summed E-state index contributed by atoms with van der Waals surface area (Å²) in [7, 11) is 0. The van der Waals surface area contributed by atoms with E-state index in [9.17, 15) is 0 Å². The minimum atomic E-state index is 0.512. The van der Waals surface area contributed by atoms with Gasteiger partial charge in [-0.2, -0.15) is 0 Å². The van der Waals surface area contributed by atoms with E-state index in [-0.39, 0.29) is 0 Å². The molecule has 2 nitrogen and oxygen atoms in total. The lowest BCUT2D eigenvalue weighted by molar-refractivity contribution is 0.356. The van der Waals surface area contributed by atoms with Gasteiger partial charge in [0.15, 0.2) is 0 Å². The zero-order chi connectivity index (χ0) is 10.3. The Kier molecular flexibility index (Phi) is 2.52. The first-order valence-corrected chi connectivity index (χ1v) is 6.74. The molecule has 0 bridgehead atoms. The van der Waals surface area contributed by atoms with Crippen LogP contribution in [0.4, 0.5) is 0 Å². The molecule has 3 fully saturated rings. The molecule has 0 aliphatic heterocycles. The van der Waals surface area contributed by atoms with Gasteiger partial charge in [0.1, 0.15) is 0 Å². The lowest BCUT2D eigenvalue weighted by Crippen LogP contribution is -2.34. The third-order valence-electron chi connectivity index (χ3n) is 4.73. The van der Waals surface area contributed by atoms with E-state index >= 15 is 0 Å². The van der Waals surface area contributed by atoms with Crippen molar-refractivity contribution in [3.8, 4) is 0 Å². The number of hydrogen-bond donors (Lipinski definition) is 2. The van der Waals surface area contributed by atoms with E-state index in [0.717, 1.165) is 24.3 Å². The molecule has 0 spiro atoms. The second kappa shape index (κ2) is 3.74. The van der Waals surface area contributed by atoms with Gasteiger partial charge in [-0.25, -0.2) is 0 Å². The summed E-state index contributed by atoms with van der Waals surface area (Å²) in [6, 6.07) is 0. The molecule has 0 atom stereocenters. The maximum Gasteiger partial charge on any atom is 0.00200 e. The molecule has 15 heavy (non-hydrogen) atoms. The van der Waals surface area contributed by atoms with Crippen LogP contribution in [0.1, 0.15) is 38.5 Å². The summed E-state index contributed by atoms with van der Waals surface area (Å²) in [5.41, 5.74) is 6.30. The van der Waals surface area contributed by atoms with Crippen molar-refractivity contribution < 1.29 is 0 Å². The second-order valence-electron chi connectivity index (χ2n) is 6.17. The van der Waals surface area contributed by atoms with Gasteiger partial charge in [-0.05, 0) is 74.8 Å². The van der Waals surface area contributed by atoms with Gasteiger partial charge < -0.3 is 11.1 Å². The third kappa shape index (κ3) is 2.36. The molecule has 3 saturated carbocycles. The fourth-order valence-corrected chi connectivity index (χ4v) is 2.90. The maximum atomic E-state index is 5.79. The smallest absolute Gasteiger partial charge is 0.00200 e. The van der Waals surface area contributed by atoms with Crippen LogP contribution in [0.25, 0.3) is 0 Å². The quantitative estimate of drug-likeness (QED) is 0.669. The van der Waals surface area contributed by atoms with Crippen molar-refractivity contribution in [2.75, 3.05) is 19.6 Å². The molecule has 3 rings (SSSR count). The van der Waals surface area contributed by atoms with Crippen LogP contribution in [0, 0.1) is 23.2 Å². The van der Waals surface area contributed by atoms with E-state index in [0.29, 0.717) is 5.41 Å². The molecule has 0 aromatic carbocycles. The maximum absolute atomic E-state index is 5.79. The van der Waals surface area contributed by atoms with Gasteiger partial charge in [0.25, 0.3) is 0 Å². The van der Waals surface area contributed by atoms with Crippen molar-refractivity contribution >= 4 is 0 Å². The summed E-state index contributed by atoms with van der Waals surface area (Å²) < 4.78 is 0. The van der Waals surface area contributed by atoms with Gasteiger partial charge in [0, 0.05) is 6.54 Å². The topological polar surface area (TPSA) is 38.0 Å². The van der Waals surface area contributed by atoms with Crippen molar-refractivity contribution in [1.29, 1.82) is 0 Å². The highest BCUT2D eigenvalue weighted by Gasteiger charge is 2.43. The molecule has 0 heterocycles. The first-order valence-electron chi connectivity index (χ1n) is 6.74. The van der Waals surface area contributed by atoms with Gasteiger partial charge in [-0.1, -0.05) is 0 Å². The Hall–Kier alpha value is -0.0800. The first-order chi connectivity index (χ1) is 7.33. The zero-order valence-corrected chi connectivity index (χ0v) is 9.67. The lowest BCUT2D eigenvalue weighted by atomic mass is 9.97. The SMILES string of the molecule is NCC1(CNCC(C2CC2)C2CC2)CC1. The standard InChI is InChI=1S/C13H24N2/c14-8-13(5-6-13)9-15-7-12(10-1-2-10)11-3-4-11/h10-12,15H,1-9,14H2. The third-order valence-corrected chi connectivity index (χ3v) is 4.73. The molecule has 86 valence electrons. The van der Waals surface area contributed by atoms with Crippen LogP contribution in [0.15, 0.2) is 0 Å². The largest absolute Gasteiger partial charge is 0.330 e. The van der Waals surface area contributed by atoms with Gasteiger partial charge in [0.05, 0.1) is 0 Å². The van der Waals surface area contributed by atoms with Crippen LogP contribution in [0.2, 0.25) is 0 Å². The molecule has 0 amide bonds. The predicted octanol–water partition coefficient (Wildman–Crippen LogP) is 1.75. The Bertz CT molecular complexity index is 215. The predicted molar refractivity (Wildman–Crippen MR) is 62.5 cm³/mol. The Morgan fingerprint density at radius 3 is 2.13 bits per heavy atom. The van der Waals surface area contributed by atoms with Gasteiger partial charge in [0.2, 0.25) is 0 Å². The van der Waals surface area contributed by atoms with Crippen molar-refractivity contribution in [2.24, 2.45) is 28.9 Å². The highest BCUT2D eigenvalue weighted by molar-refractivity contribution is 4.97. The molecule has 0 unspecified atom stereocenters. The Balaban J connectivity index is 1.40. The van der Waals surface area contributed by atoms with Gasteiger partial charge in [-0.3, -0.25) is 0 Å². The summed E-state index contributed by atoms with van der Waals surface area (Å²) in [6.45, 7) is 3.34. The zero-order valence-electron chi connectivity index (χ0n) is 9.67. The van der Waals surface area contributed by atoms with Crippen molar-refractivity contribution in [3.05, 3.63) is 0 Å². The second-order valence-corrected chi connectivity index (χ2v) is 6.17. The fraction of sp³-hybridized carbons (Fsp3) is 1.00. The highest BCUT2D eigenvalue weighted by Crippen LogP contribution is 2.49. The summed E-state index contributed by atoms with van der Waals surface area (Å²) in [5.74, 6) is 3.18. The average molecular weight is 208 g/mol. The van der Waals surface area contributed by atoms with E-state index in [1.807, 2.05) is 0 Å². The van der Waals surface area contributed by atoms with Crippen molar-refractivity contribution in [3.63, 3.8) is 0 Å². The van der Waals surface area contributed by atoms with Crippen molar-refractivity contribution in [1.82, 2.24) is 5.32 Å². The van der Waals surface area contributed by atoms with E-state index in [1.54, 1.807) is 0 Å². The molecule has 3 N–H and O–H groups in total. The molecule has 0 aromatic heterocycles. The lowest BCUT2D eigenvalue weighted by Gasteiger charge is -2.19. The van der Waals surface area contributed by atoms with E-state index in [2.05, 4.69) is 5.32 Å². The van der Waals surface area contributed by atoms with Crippen LogP contribution in [0.3, 0.4) is 0 Å². The van der Waals surface area contributed by atoms with E-state index in [4.69, 9.17) is 5.73 Å². The van der Waals surface area contributed by atoms with Gasteiger partial charge >= 0.3 is 0 Å². The number of nitrogens with two attached hydrogens (primary N) is 1. The van der Waals surface area contributed by atoms with Crippen molar-refractivity contribution in [2.45, 2.75) is 38.5 Å². The Morgan fingerprint density at radius 1 is 1.13 bits per heavy atom. The average Bonchev–Trinajstić information content (AvgIpc) is 3.14. The molecule has 2 heteroatoms. The number of nitrogens with one attached hydrogen (secondary N) is 1. The summed E-state index contributed by atoms with van der Waals surface area (Å²) in [4.78, 5) is 0. The summed E-state index contributed by atoms with van der Waals surface area (Å²) in [6.07, 6.45) is 8.73. The summed E-state index contributed by atoms with van der Waals surface area (Å²) in [5, 5.41) is 3.70. The first kappa shape index (κ1) is 10.1. The molecule has 0 saturated heterocycles. The van der Waals surface area contributed by atoms with Crippen LogP contribution in [-0.2, 0) is 0 Å². The monoisotopic (exact) mass is 208 g/mol. The number of rotatable bonds is 7. The minimum Gasteiger partial charge on any atom is -0.330 e. The van der Waals surface area contributed by atoms with Gasteiger partial charge in [-0.15, -0.1) is 0 Å². The fourth-order valence-electron chi connectivity index (χ4n) is 2.90. The highest BCUT2D eigenvalue weighted by atomic mass is 14.9. The summed E-state index contributed by atoms with van der Waals surface area (Å²) >= 11 is 0. The van der Waals surface area contributed by atoms with E-state index in [1.165, 1.54) is 51.6 Å². The Morgan fingerprint density at radius 2 is 1.73 bits per heavy atom. The van der Waals surface area contributed by atoms with Crippen LogP contribution in [-0.4, -0.2) is 19.6 Å². The molecule has 0 radical (unpaired) electrons. The minimum absolute atomic E-state index is 0.512. The molecular weight excluding hydrogens is 184 g/mol. The van der Waals surface area contributed by atoms with Crippen LogP contribution in [0.5, 0.6) is 0 Å². The van der Waals surface area contributed by atoms with E-state index < -0.39 is 0 Å². The molecule has 3 aliphatic carbocycles. The normalized spacial score (nSPS) is 28.4.